The number of benzene rings is 1. The van der Waals surface area contributed by atoms with Gasteiger partial charge >= 0.3 is 0 Å². The first-order chi connectivity index (χ1) is 14.5. The van der Waals surface area contributed by atoms with Gasteiger partial charge in [-0.3, -0.25) is 9.78 Å². The van der Waals surface area contributed by atoms with Gasteiger partial charge in [0.1, 0.15) is 6.54 Å². The summed E-state index contributed by atoms with van der Waals surface area (Å²) in [4.78, 5) is 22.8. The van der Waals surface area contributed by atoms with Crippen molar-refractivity contribution in [3.8, 4) is 0 Å². The summed E-state index contributed by atoms with van der Waals surface area (Å²) in [6.45, 7) is 4.26. The minimum Gasteiger partial charge on any atom is -0.362 e. The Hall–Kier alpha value is -2.46. The van der Waals surface area contributed by atoms with Gasteiger partial charge in [-0.05, 0) is 72.9 Å². The molecule has 0 bridgehead atoms. The maximum absolute atomic E-state index is 12.8. The van der Waals surface area contributed by atoms with Crippen molar-refractivity contribution in [1.82, 2.24) is 20.2 Å². The lowest BCUT2D eigenvalue weighted by molar-refractivity contribution is -0.116. The third-order valence-corrected chi connectivity index (χ3v) is 6.95. The van der Waals surface area contributed by atoms with Gasteiger partial charge < -0.3 is 20.5 Å². The summed E-state index contributed by atoms with van der Waals surface area (Å²) in [6.07, 6.45) is 1.78. The second kappa shape index (κ2) is 8.73. The van der Waals surface area contributed by atoms with Crippen LogP contribution in [0.5, 0.6) is 0 Å². The Morgan fingerprint density at radius 2 is 1.90 bits per heavy atom. The molecule has 0 saturated carbocycles. The van der Waals surface area contributed by atoms with Crippen LogP contribution in [0.15, 0.2) is 54.7 Å². The first kappa shape index (κ1) is 20.8. The number of nitrogens with one attached hydrogen (secondary N) is 3. The lowest BCUT2D eigenvalue weighted by Crippen LogP contribution is -2.37. The summed E-state index contributed by atoms with van der Waals surface area (Å²) in [5.74, 6) is -0.114. The van der Waals surface area contributed by atoms with Crippen LogP contribution in [0.4, 0.5) is 5.69 Å². The van der Waals surface area contributed by atoms with E-state index in [0.717, 1.165) is 31.9 Å². The molecule has 1 aromatic carbocycles. The fraction of sp³-hybridized carbons (Fsp3) is 0.227. The molecule has 1 fully saturated rings. The highest BCUT2D eigenvalue weighted by molar-refractivity contribution is 14.1. The largest absolute Gasteiger partial charge is 0.362 e. The highest BCUT2D eigenvalue weighted by Gasteiger charge is 2.42. The molecule has 154 valence electrons. The quantitative estimate of drug-likeness (QED) is 0.340. The molecule has 3 aromatic rings. The zero-order chi connectivity index (χ0) is 21.3. The van der Waals surface area contributed by atoms with Crippen molar-refractivity contribution < 1.29 is 4.79 Å². The van der Waals surface area contributed by atoms with Gasteiger partial charge in [0.2, 0.25) is 5.91 Å². The maximum Gasteiger partial charge on any atom is 0.244 e. The molecule has 1 aliphatic heterocycles. The zero-order valence-corrected chi connectivity index (χ0v) is 19.6. The van der Waals surface area contributed by atoms with E-state index in [1.807, 2.05) is 53.4 Å². The van der Waals surface area contributed by atoms with Crippen molar-refractivity contribution in [1.29, 1.82) is 0 Å². The molecule has 8 heteroatoms. The molecule has 1 saturated heterocycles. The molecule has 0 radical (unpaired) electrons. The highest BCUT2D eigenvalue weighted by Crippen LogP contribution is 2.42. The van der Waals surface area contributed by atoms with E-state index < -0.39 is 0 Å². The van der Waals surface area contributed by atoms with Crippen molar-refractivity contribution in [3.05, 3.63) is 80.9 Å². The van der Waals surface area contributed by atoms with Crippen molar-refractivity contribution in [2.45, 2.75) is 25.9 Å². The molecule has 1 amide bonds. The monoisotopic (exact) mass is 531 g/mol. The maximum atomic E-state index is 12.8. The number of amides is 1. The summed E-state index contributed by atoms with van der Waals surface area (Å²) in [5.41, 5.74) is 4.98. The third kappa shape index (κ3) is 4.06. The van der Waals surface area contributed by atoms with Crippen molar-refractivity contribution in [2.75, 3.05) is 11.9 Å². The Kier molecular flexibility index (Phi) is 6.05. The first-order valence-corrected chi connectivity index (χ1v) is 11.1. The van der Waals surface area contributed by atoms with Gasteiger partial charge in [-0.25, -0.2) is 0 Å². The molecule has 6 nitrogen and oxygen atoms in total. The number of pyridine rings is 1. The topological polar surface area (TPSA) is 73.0 Å². The van der Waals surface area contributed by atoms with Crippen LogP contribution in [0.1, 0.15) is 34.7 Å². The number of aromatic nitrogens is 2. The van der Waals surface area contributed by atoms with E-state index in [2.05, 4.69) is 57.0 Å². The van der Waals surface area contributed by atoms with Crippen LogP contribution in [-0.2, 0) is 4.79 Å². The molecular weight excluding hydrogens is 509 g/mol. The van der Waals surface area contributed by atoms with Crippen molar-refractivity contribution in [3.63, 3.8) is 0 Å². The number of hydrogen-bond donors (Lipinski definition) is 3. The lowest BCUT2D eigenvalue weighted by Gasteiger charge is -2.28. The summed E-state index contributed by atoms with van der Waals surface area (Å²) in [5, 5.41) is 6.91. The number of para-hydroxylation sites is 1. The number of nitrogens with zero attached hydrogens (tertiary/aromatic N) is 2. The van der Waals surface area contributed by atoms with Crippen LogP contribution in [-0.4, -0.2) is 32.4 Å². The average molecular weight is 531 g/mol. The Labute approximate surface area is 194 Å². The molecule has 0 spiro atoms. The van der Waals surface area contributed by atoms with Crippen molar-refractivity contribution in [2.24, 2.45) is 0 Å². The van der Waals surface area contributed by atoms with Gasteiger partial charge in [-0.2, -0.15) is 0 Å². The Balaban J connectivity index is 1.68. The Morgan fingerprint density at radius 1 is 1.17 bits per heavy atom. The van der Waals surface area contributed by atoms with Gasteiger partial charge in [-0.1, -0.05) is 24.3 Å². The number of aryl methyl sites for hydroxylation is 2. The van der Waals surface area contributed by atoms with Gasteiger partial charge in [-0.15, -0.1) is 0 Å². The highest BCUT2D eigenvalue weighted by atomic mass is 127. The van der Waals surface area contributed by atoms with E-state index in [4.69, 9.17) is 12.2 Å². The number of hydrogen-bond acceptors (Lipinski definition) is 3. The van der Waals surface area contributed by atoms with Gasteiger partial charge in [0.05, 0.1) is 17.8 Å². The number of anilines is 1. The minimum absolute atomic E-state index is 0.114. The molecule has 1 aliphatic rings. The van der Waals surface area contributed by atoms with Gasteiger partial charge in [0, 0.05) is 32.4 Å². The van der Waals surface area contributed by atoms with E-state index in [-0.39, 0.29) is 24.5 Å². The predicted molar refractivity (Wildman–Crippen MR) is 130 cm³/mol. The summed E-state index contributed by atoms with van der Waals surface area (Å²) in [7, 11) is 0. The minimum atomic E-state index is -0.148. The molecule has 4 rings (SSSR count). The van der Waals surface area contributed by atoms with Crippen LogP contribution in [0.25, 0.3) is 0 Å². The number of thiocarbonyl (C=S) groups is 1. The van der Waals surface area contributed by atoms with E-state index in [0.29, 0.717) is 5.11 Å². The number of rotatable bonds is 5. The normalized spacial score (nSPS) is 18.4. The summed E-state index contributed by atoms with van der Waals surface area (Å²) < 4.78 is 1.15. The average Bonchev–Trinajstić information content (AvgIpc) is 3.18. The van der Waals surface area contributed by atoms with Crippen LogP contribution in [0.3, 0.4) is 0 Å². The van der Waals surface area contributed by atoms with E-state index in [9.17, 15) is 4.79 Å². The first-order valence-electron chi connectivity index (χ1n) is 9.63. The zero-order valence-electron chi connectivity index (χ0n) is 16.6. The standard InChI is InChI=1S/C22H22IN5OS/c1-13-18(19(23)14(2)25-13)21-20(16-10-6-7-11-24-16)27-22(30)28(21)12-17(29)26-15-8-4-3-5-9-15/h3-11,20-21,25H,12H2,1-2H3,(H,26,29)(H,27,30). The predicted octanol–water partition coefficient (Wildman–Crippen LogP) is 4.24. The van der Waals surface area contributed by atoms with Crippen LogP contribution in [0.2, 0.25) is 0 Å². The van der Waals surface area contributed by atoms with Gasteiger partial charge in [0.15, 0.2) is 5.11 Å². The van der Waals surface area contributed by atoms with E-state index in [1.165, 1.54) is 0 Å². The third-order valence-electron chi connectivity index (χ3n) is 5.21. The van der Waals surface area contributed by atoms with Crippen molar-refractivity contribution >= 4 is 51.5 Å². The smallest absolute Gasteiger partial charge is 0.244 e. The number of H-pyrrole nitrogens is 1. The molecule has 30 heavy (non-hydrogen) atoms. The van der Waals surface area contributed by atoms with Crippen LogP contribution < -0.4 is 10.6 Å². The second-order valence-corrected chi connectivity index (χ2v) is 8.74. The summed E-state index contributed by atoms with van der Waals surface area (Å²) in [6, 6.07) is 15.0. The fourth-order valence-corrected chi connectivity index (χ4v) is 5.05. The molecule has 2 aromatic heterocycles. The molecule has 2 atom stereocenters. The molecule has 2 unspecified atom stereocenters. The van der Waals surface area contributed by atoms with Crippen LogP contribution in [0, 0.1) is 17.4 Å². The lowest BCUT2D eigenvalue weighted by atomic mass is 9.97. The number of carbonyl (C=O) groups is 1. The number of aromatic amines is 1. The Morgan fingerprint density at radius 3 is 2.53 bits per heavy atom. The second-order valence-electron chi connectivity index (χ2n) is 7.27. The van der Waals surface area contributed by atoms with E-state index in [1.54, 1.807) is 6.20 Å². The van der Waals surface area contributed by atoms with Gasteiger partial charge in [0.25, 0.3) is 0 Å². The summed E-state index contributed by atoms with van der Waals surface area (Å²) >= 11 is 8.03. The number of halogens is 1. The van der Waals surface area contributed by atoms with Crippen LogP contribution >= 0.6 is 34.8 Å². The molecule has 3 N–H and O–H groups in total. The molecule has 0 aliphatic carbocycles. The number of carbonyl (C=O) groups excluding carboxylic acids is 1. The molecular formula is C22H22IN5OS. The Bertz CT molecular complexity index is 1070. The molecule has 3 heterocycles. The SMILES string of the molecule is Cc1[nH]c(C)c(C2C(c3ccccn3)NC(=S)N2CC(=O)Nc2ccccc2)c1I. The van der Waals surface area contributed by atoms with E-state index >= 15 is 0 Å². The fourth-order valence-electron chi connectivity index (χ4n) is 3.89.